The quantitative estimate of drug-likeness (QED) is 0.773. The van der Waals surface area contributed by atoms with Gasteiger partial charge < -0.3 is 24.3 Å². The fraction of sp³-hybridized carbons (Fsp3) is 0.364. The average molecular weight is 396 g/mol. The van der Waals surface area contributed by atoms with E-state index in [9.17, 15) is 4.79 Å². The van der Waals surface area contributed by atoms with E-state index in [-0.39, 0.29) is 24.5 Å². The average Bonchev–Trinajstić information content (AvgIpc) is 2.75. The smallest absolute Gasteiger partial charge is 0.258 e. The van der Waals surface area contributed by atoms with Crippen LogP contribution in [0.4, 0.5) is 0 Å². The minimum Gasteiger partial charge on any atom is -0.493 e. The van der Waals surface area contributed by atoms with Crippen LogP contribution in [0.1, 0.15) is 31.0 Å². The van der Waals surface area contributed by atoms with E-state index in [1.165, 1.54) is 7.11 Å². The lowest BCUT2D eigenvalue weighted by atomic mass is 9.95. The zero-order valence-electron chi connectivity index (χ0n) is 16.7. The van der Waals surface area contributed by atoms with Crippen molar-refractivity contribution in [2.24, 2.45) is 5.92 Å². The monoisotopic (exact) mass is 396 g/mol. The Hall–Kier alpha value is -3.40. The number of hydrogen-bond acceptors (Lipinski definition) is 6. The maximum atomic E-state index is 12.5. The van der Waals surface area contributed by atoms with Gasteiger partial charge in [0.15, 0.2) is 29.6 Å². The first-order chi connectivity index (χ1) is 14.0. The van der Waals surface area contributed by atoms with Crippen molar-refractivity contribution in [3.8, 4) is 29.1 Å². The largest absolute Gasteiger partial charge is 0.493 e. The number of rotatable bonds is 7. The molecule has 1 amide bonds. The topological polar surface area (TPSA) is 89.8 Å². The van der Waals surface area contributed by atoms with Gasteiger partial charge in [-0.3, -0.25) is 4.79 Å². The lowest BCUT2D eigenvalue weighted by Crippen LogP contribution is -2.35. The Kier molecular flexibility index (Phi) is 6.45. The third kappa shape index (κ3) is 4.91. The Morgan fingerprint density at radius 3 is 2.59 bits per heavy atom. The highest BCUT2D eigenvalue weighted by Gasteiger charge is 2.22. The van der Waals surface area contributed by atoms with E-state index in [2.05, 4.69) is 5.32 Å². The molecular weight excluding hydrogens is 372 g/mol. The molecule has 1 atom stereocenters. The number of benzene rings is 2. The number of methoxy groups -OCH3 is 1. The van der Waals surface area contributed by atoms with Crippen LogP contribution in [-0.2, 0) is 4.79 Å². The molecule has 0 fully saturated rings. The van der Waals surface area contributed by atoms with E-state index in [1.807, 2.05) is 38.1 Å². The van der Waals surface area contributed by atoms with Gasteiger partial charge in [0.1, 0.15) is 13.2 Å². The molecule has 2 aromatic rings. The number of carbonyl (C=O) groups excluding carboxylic acids is 1. The Labute approximate surface area is 170 Å². The normalized spacial score (nSPS) is 13.3. The summed E-state index contributed by atoms with van der Waals surface area (Å²) < 4.78 is 22.0. The highest BCUT2D eigenvalue weighted by molar-refractivity contribution is 5.78. The molecule has 1 aliphatic rings. The molecule has 0 unspecified atom stereocenters. The molecule has 0 bridgehead atoms. The van der Waals surface area contributed by atoms with E-state index >= 15 is 0 Å². The lowest BCUT2D eigenvalue weighted by molar-refractivity contribution is -0.124. The molecule has 0 aromatic heterocycles. The highest BCUT2D eigenvalue weighted by Crippen LogP contribution is 2.34. The van der Waals surface area contributed by atoms with Crippen LogP contribution in [0.15, 0.2) is 36.4 Å². The van der Waals surface area contributed by atoms with Crippen molar-refractivity contribution in [2.45, 2.75) is 19.9 Å². The Bertz CT molecular complexity index is 920. The SMILES string of the molecule is COc1cc(C#N)ccc1OCC(=O)N[C@H](c1ccc2c(c1)OCCO2)C(C)C. The summed E-state index contributed by atoms with van der Waals surface area (Å²) >= 11 is 0. The van der Waals surface area contributed by atoms with Gasteiger partial charge in [-0.15, -0.1) is 0 Å². The molecule has 0 saturated carbocycles. The van der Waals surface area contributed by atoms with Crippen molar-refractivity contribution in [2.75, 3.05) is 26.9 Å². The maximum absolute atomic E-state index is 12.5. The molecule has 1 N–H and O–H groups in total. The summed E-state index contributed by atoms with van der Waals surface area (Å²) in [4.78, 5) is 12.5. The molecule has 2 aromatic carbocycles. The number of ether oxygens (including phenoxy) is 4. The van der Waals surface area contributed by atoms with Crippen molar-refractivity contribution < 1.29 is 23.7 Å². The van der Waals surface area contributed by atoms with E-state index in [0.29, 0.717) is 41.8 Å². The van der Waals surface area contributed by atoms with Crippen molar-refractivity contribution in [1.82, 2.24) is 5.32 Å². The molecule has 152 valence electrons. The van der Waals surface area contributed by atoms with Crippen molar-refractivity contribution >= 4 is 5.91 Å². The van der Waals surface area contributed by atoms with Crippen LogP contribution in [-0.4, -0.2) is 32.8 Å². The van der Waals surface area contributed by atoms with E-state index < -0.39 is 0 Å². The second-order valence-corrected chi connectivity index (χ2v) is 6.96. The van der Waals surface area contributed by atoms with Crippen molar-refractivity contribution in [3.05, 3.63) is 47.5 Å². The van der Waals surface area contributed by atoms with Crippen LogP contribution in [0.2, 0.25) is 0 Å². The lowest BCUT2D eigenvalue weighted by Gasteiger charge is -2.25. The third-order valence-corrected chi connectivity index (χ3v) is 4.56. The summed E-state index contributed by atoms with van der Waals surface area (Å²) in [7, 11) is 1.49. The number of fused-ring (bicyclic) bond motifs is 1. The number of nitrogens with zero attached hydrogens (tertiary/aromatic N) is 1. The summed E-state index contributed by atoms with van der Waals surface area (Å²) in [5, 5.41) is 12.0. The van der Waals surface area contributed by atoms with Crippen LogP contribution in [0.3, 0.4) is 0 Å². The van der Waals surface area contributed by atoms with Gasteiger partial charge in [0.2, 0.25) is 0 Å². The molecule has 3 rings (SSSR count). The zero-order chi connectivity index (χ0) is 20.8. The Morgan fingerprint density at radius 1 is 1.14 bits per heavy atom. The van der Waals surface area contributed by atoms with Gasteiger partial charge >= 0.3 is 0 Å². The van der Waals surface area contributed by atoms with Gasteiger partial charge in [0.25, 0.3) is 5.91 Å². The van der Waals surface area contributed by atoms with Gasteiger partial charge in [0, 0.05) is 6.07 Å². The summed E-state index contributed by atoms with van der Waals surface area (Å²) in [6.07, 6.45) is 0. The Balaban J connectivity index is 1.67. The fourth-order valence-electron chi connectivity index (χ4n) is 3.10. The molecule has 7 heteroatoms. The van der Waals surface area contributed by atoms with Gasteiger partial charge in [-0.25, -0.2) is 0 Å². The molecule has 0 saturated heterocycles. The first kappa shape index (κ1) is 20.3. The molecule has 29 heavy (non-hydrogen) atoms. The predicted octanol–water partition coefficient (Wildman–Crippen LogP) is 3.23. The second kappa shape index (κ2) is 9.20. The van der Waals surface area contributed by atoms with E-state index in [1.54, 1.807) is 18.2 Å². The van der Waals surface area contributed by atoms with Gasteiger partial charge in [-0.05, 0) is 35.7 Å². The number of carbonyl (C=O) groups is 1. The first-order valence-corrected chi connectivity index (χ1v) is 9.41. The number of nitrogens with one attached hydrogen (secondary N) is 1. The fourth-order valence-corrected chi connectivity index (χ4v) is 3.10. The van der Waals surface area contributed by atoms with Gasteiger partial charge in [0.05, 0.1) is 24.8 Å². The molecule has 7 nitrogen and oxygen atoms in total. The summed E-state index contributed by atoms with van der Waals surface area (Å²) in [5.41, 5.74) is 1.39. The summed E-state index contributed by atoms with van der Waals surface area (Å²) in [6, 6.07) is 12.3. The van der Waals surface area contributed by atoms with Crippen LogP contribution < -0.4 is 24.3 Å². The first-order valence-electron chi connectivity index (χ1n) is 9.41. The predicted molar refractivity (Wildman–Crippen MR) is 106 cm³/mol. The molecule has 0 spiro atoms. The number of amides is 1. The zero-order valence-corrected chi connectivity index (χ0v) is 16.7. The van der Waals surface area contributed by atoms with Crippen LogP contribution >= 0.6 is 0 Å². The molecule has 0 radical (unpaired) electrons. The van der Waals surface area contributed by atoms with Crippen molar-refractivity contribution in [1.29, 1.82) is 5.26 Å². The third-order valence-electron chi connectivity index (χ3n) is 4.56. The minimum atomic E-state index is -0.259. The van der Waals surface area contributed by atoms with Gasteiger partial charge in [-0.2, -0.15) is 5.26 Å². The molecule has 1 heterocycles. The standard InChI is InChI=1S/C22H24N2O5/c1-14(2)22(16-5-7-18-20(11-16)28-9-8-27-18)24-21(25)13-29-17-6-4-15(12-23)10-19(17)26-3/h4-7,10-11,14,22H,8-9,13H2,1-3H3,(H,24,25)/t22-/m0/s1. The van der Waals surface area contributed by atoms with Crippen molar-refractivity contribution in [3.63, 3.8) is 0 Å². The minimum absolute atomic E-state index is 0.158. The highest BCUT2D eigenvalue weighted by atomic mass is 16.6. The van der Waals surface area contributed by atoms with E-state index in [0.717, 1.165) is 5.56 Å². The van der Waals surface area contributed by atoms with Gasteiger partial charge in [-0.1, -0.05) is 19.9 Å². The number of hydrogen-bond donors (Lipinski definition) is 1. The van der Waals surface area contributed by atoms with Crippen LogP contribution in [0.5, 0.6) is 23.0 Å². The summed E-state index contributed by atoms with van der Waals surface area (Å²) in [5.74, 6) is 2.11. The maximum Gasteiger partial charge on any atom is 0.258 e. The summed E-state index contributed by atoms with van der Waals surface area (Å²) in [6.45, 7) is 4.94. The molecule has 0 aliphatic carbocycles. The molecule has 1 aliphatic heterocycles. The number of nitriles is 1. The second-order valence-electron chi connectivity index (χ2n) is 6.96. The van der Waals surface area contributed by atoms with E-state index in [4.69, 9.17) is 24.2 Å². The Morgan fingerprint density at radius 2 is 1.90 bits per heavy atom. The molecular formula is C22H24N2O5. The van der Waals surface area contributed by atoms with Crippen LogP contribution in [0.25, 0.3) is 0 Å². The van der Waals surface area contributed by atoms with Crippen LogP contribution in [0, 0.1) is 17.2 Å².